The maximum atomic E-state index is 13.1. The number of benzene rings is 1. The molecular weight excluding hydrogens is 297 g/mol. The van der Waals surface area contributed by atoms with Crippen LogP contribution in [0.1, 0.15) is 17.0 Å². The van der Waals surface area contributed by atoms with Gasteiger partial charge in [-0.05, 0) is 30.2 Å². The van der Waals surface area contributed by atoms with Gasteiger partial charge < -0.3 is 10.7 Å². The summed E-state index contributed by atoms with van der Waals surface area (Å²) in [7, 11) is 0. The van der Waals surface area contributed by atoms with Gasteiger partial charge in [0.1, 0.15) is 11.6 Å². The number of halogens is 2. The maximum absolute atomic E-state index is 13.1. The highest BCUT2D eigenvalue weighted by atomic mass is 35.5. The molecule has 6 nitrogen and oxygen atoms in total. The molecule has 0 aliphatic rings. The van der Waals surface area contributed by atoms with Crippen molar-refractivity contribution < 1.29 is 4.39 Å². The van der Waals surface area contributed by atoms with Crippen LogP contribution in [0.25, 0.3) is 11.2 Å². The molecule has 21 heavy (non-hydrogen) atoms. The van der Waals surface area contributed by atoms with Gasteiger partial charge >= 0.3 is 0 Å². The van der Waals surface area contributed by atoms with Crippen LogP contribution in [0.5, 0.6) is 0 Å². The first-order valence-corrected chi connectivity index (χ1v) is 6.02. The monoisotopic (exact) mass is 309 g/mol. The summed E-state index contributed by atoms with van der Waals surface area (Å²) in [6.07, 6.45) is 0.460. The molecule has 0 unspecified atom stereocenters. The number of rotatable bonds is 2. The van der Waals surface area contributed by atoms with Crippen LogP contribution in [0, 0.1) is 12.7 Å². The van der Waals surface area contributed by atoms with Crippen LogP contribution in [-0.2, 0) is 6.42 Å². The fourth-order valence-corrected chi connectivity index (χ4v) is 2.09. The molecule has 4 N–H and O–H groups in total. The van der Waals surface area contributed by atoms with Crippen LogP contribution in [-0.4, -0.2) is 19.9 Å². The molecule has 0 bridgehead atoms. The Morgan fingerprint density at radius 2 is 2.05 bits per heavy atom. The summed E-state index contributed by atoms with van der Waals surface area (Å²) in [5.41, 5.74) is 7.42. The number of nitrogen functional groups attached to an aromatic ring is 1. The number of imidazole rings is 1. The van der Waals surface area contributed by atoms with E-state index in [4.69, 9.17) is 5.73 Å². The summed E-state index contributed by atoms with van der Waals surface area (Å²) in [5, 5.41) is 0. The summed E-state index contributed by atoms with van der Waals surface area (Å²) in [4.78, 5) is 25.2. The fraction of sp³-hybridized carbons (Fsp3) is 0.154. The Kier molecular flexibility index (Phi) is 3.95. The van der Waals surface area contributed by atoms with Crippen molar-refractivity contribution in [3.63, 3.8) is 0 Å². The van der Waals surface area contributed by atoms with Crippen molar-refractivity contribution in [3.8, 4) is 0 Å². The Morgan fingerprint density at radius 3 is 2.76 bits per heavy atom. The summed E-state index contributed by atoms with van der Waals surface area (Å²) in [6, 6.07) is 4.55. The van der Waals surface area contributed by atoms with Gasteiger partial charge in [0.2, 0.25) is 5.95 Å². The molecule has 0 aliphatic heterocycles. The fourth-order valence-electron chi connectivity index (χ4n) is 2.09. The molecule has 0 aliphatic carbocycles. The standard InChI is InChI=1S/C13H12FN5O.ClH/c1-6-4-8(14)3-2-7(6)5-9-16-10-11(17-9)18-13(15)19-12(10)20;/h2-4H,5H2,1H3,(H4,15,16,17,18,19,20);1H. The molecule has 8 heteroatoms. The molecule has 0 radical (unpaired) electrons. The molecule has 0 amide bonds. The first kappa shape index (κ1) is 15.0. The van der Waals surface area contributed by atoms with Crippen molar-refractivity contribution in [2.75, 3.05) is 5.73 Å². The Morgan fingerprint density at radius 1 is 1.29 bits per heavy atom. The Hall–Kier alpha value is -2.41. The van der Waals surface area contributed by atoms with Crippen LogP contribution in [0.2, 0.25) is 0 Å². The average molecular weight is 310 g/mol. The molecular formula is C13H13ClFN5O. The minimum absolute atomic E-state index is 0. The molecule has 3 aromatic rings. The van der Waals surface area contributed by atoms with E-state index in [0.29, 0.717) is 12.2 Å². The number of fused-ring (bicyclic) bond motifs is 1. The molecule has 110 valence electrons. The van der Waals surface area contributed by atoms with Gasteiger partial charge in [0.25, 0.3) is 5.56 Å². The number of aryl methyl sites for hydroxylation is 1. The second-order valence-electron chi connectivity index (χ2n) is 4.58. The van der Waals surface area contributed by atoms with Gasteiger partial charge in [0.05, 0.1) is 0 Å². The lowest BCUT2D eigenvalue weighted by atomic mass is 10.1. The molecule has 0 saturated heterocycles. The van der Waals surface area contributed by atoms with Crippen LogP contribution in [0.15, 0.2) is 23.0 Å². The van der Waals surface area contributed by atoms with E-state index in [1.54, 1.807) is 6.07 Å². The zero-order valence-corrected chi connectivity index (χ0v) is 11.9. The number of aromatic nitrogens is 4. The van der Waals surface area contributed by atoms with Crippen molar-refractivity contribution in [2.24, 2.45) is 0 Å². The molecule has 0 atom stereocenters. The summed E-state index contributed by atoms with van der Waals surface area (Å²) in [6.45, 7) is 1.82. The summed E-state index contributed by atoms with van der Waals surface area (Å²) >= 11 is 0. The quantitative estimate of drug-likeness (QED) is 0.670. The second-order valence-corrected chi connectivity index (χ2v) is 4.58. The third kappa shape index (κ3) is 2.87. The van der Waals surface area contributed by atoms with Crippen molar-refractivity contribution in [3.05, 3.63) is 51.3 Å². The van der Waals surface area contributed by atoms with E-state index in [-0.39, 0.29) is 40.9 Å². The maximum Gasteiger partial charge on any atom is 0.278 e. The Labute approximate surface area is 125 Å². The first-order valence-electron chi connectivity index (χ1n) is 6.02. The van der Waals surface area contributed by atoms with E-state index in [1.165, 1.54) is 12.1 Å². The van der Waals surface area contributed by atoms with Gasteiger partial charge in [-0.1, -0.05) is 6.07 Å². The first-order chi connectivity index (χ1) is 9.52. The normalized spacial score (nSPS) is 10.6. The summed E-state index contributed by atoms with van der Waals surface area (Å²) in [5.74, 6) is 0.332. The predicted molar refractivity (Wildman–Crippen MR) is 80.1 cm³/mol. The lowest BCUT2D eigenvalue weighted by molar-refractivity contribution is 0.625. The van der Waals surface area contributed by atoms with Crippen LogP contribution in [0.3, 0.4) is 0 Å². The number of nitrogens with one attached hydrogen (secondary N) is 2. The number of anilines is 1. The van der Waals surface area contributed by atoms with E-state index >= 15 is 0 Å². The van der Waals surface area contributed by atoms with Gasteiger partial charge in [0.15, 0.2) is 11.2 Å². The number of H-pyrrole nitrogens is 2. The molecule has 1 aromatic carbocycles. The lowest BCUT2D eigenvalue weighted by Gasteiger charge is -2.03. The van der Waals surface area contributed by atoms with Crippen molar-refractivity contribution >= 4 is 29.5 Å². The lowest BCUT2D eigenvalue weighted by Crippen LogP contribution is -2.10. The van der Waals surface area contributed by atoms with Gasteiger partial charge in [-0.3, -0.25) is 9.78 Å². The molecule has 0 fully saturated rings. The van der Waals surface area contributed by atoms with Crippen LogP contribution >= 0.6 is 12.4 Å². The minimum atomic E-state index is -0.359. The molecule has 2 aromatic heterocycles. The largest absolute Gasteiger partial charge is 0.369 e. The Bertz CT molecular complexity index is 857. The van der Waals surface area contributed by atoms with Gasteiger partial charge in [0, 0.05) is 6.42 Å². The average Bonchev–Trinajstić information content (AvgIpc) is 2.75. The van der Waals surface area contributed by atoms with Crippen molar-refractivity contribution in [1.82, 2.24) is 19.9 Å². The molecule has 0 spiro atoms. The highest BCUT2D eigenvalue weighted by molar-refractivity contribution is 5.85. The molecule has 2 heterocycles. The third-order valence-corrected chi connectivity index (χ3v) is 3.09. The van der Waals surface area contributed by atoms with Crippen LogP contribution in [0.4, 0.5) is 10.3 Å². The molecule has 0 saturated carbocycles. The number of aromatic amines is 2. The van der Waals surface area contributed by atoms with Crippen molar-refractivity contribution in [1.29, 1.82) is 0 Å². The second kappa shape index (κ2) is 5.53. The van der Waals surface area contributed by atoms with Gasteiger partial charge in [-0.15, -0.1) is 12.4 Å². The van der Waals surface area contributed by atoms with Crippen molar-refractivity contribution in [2.45, 2.75) is 13.3 Å². The van der Waals surface area contributed by atoms with E-state index in [2.05, 4.69) is 19.9 Å². The minimum Gasteiger partial charge on any atom is -0.369 e. The predicted octanol–water partition coefficient (Wildman–Crippen LogP) is 1.69. The number of nitrogens with zero attached hydrogens (tertiary/aromatic N) is 2. The van der Waals surface area contributed by atoms with E-state index in [1.807, 2.05) is 6.92 Å². The van der Waals surface area contributed by atoms with E-state index in [9.17, 15) is 9.18 Å². The highest BCUT2D eigenvalue weighted by Crippen LogP contribution is 2.15. The van der Waals surface area contributed by atoms with Crippen LogP contribution < -0.4 is 11.3 Å². The Balaban J connectivity index is 0.00000161. The SMILES string of the molecule is Cc1cc(F)ccc1Cc1nc2nc(N)[nH]c(=O)c2[nH]1.Cl. The zero-order valence-electron chi connectivity index (χ0n) is 11.1. The summed E-state index contributed by atoms with van der Waals surface area (Å²) < 4.78 is 13.1. The number of hydrogen-bond donors (Lipinski definition) is 3. The zero-order chi connectivity index (χ0) is 14.3. The van der Waals surface area contributed by atoms with Gasteiger partial charge in [-0.25, -0.2) is 9.37 Å². The highest BCUT2D eigenvalue weighted by Gasteiger charge is 2.10. The van der Waals surface area contributed by atoms with E-state index in [0.717, 1.165) is 11.1 Å². The third-order valence-electron chi connectivity index (χ3n) is 3.09. The number of hydrogen-bond acceptors (Lipinski definition) is 4. The smallest absolute Gasteiger partial charge is 0.278 e. The number of nitrogens with two attached hydrogens (primary N) is 1. The van der Waals surface area contributed by atoms with Gasteiger partial charge in [-0.2, -0.15) is 4.98 Å². The van der Waals surface area contributed by atoms with E-state index < -0.39 is 0 Å². The molecule has 3 rings (SSSR count). The topological polar surface area (TPSA) is 100 Å².